The Hall–Kier alpha value is -1.64. The summed E-state index contributed by atoms with van der Waals surface area (Å²) >= 11 is 0. The molecule has 0 aromatic heterocycles. The van der Waals surface area contributed by atoms with Crippen LogP contribution < -0.4 is 0 Å². The largest absolute Gasteiger partial charge is 0.469 e. The van der Waals surface area contributed by atoms with Crippen molar-refractivity contribution < 1.29 is 14.3 Å². The first-order valence-electron chi connectivity index (χ1n) is 10.8. The van der Waals surface area contributed by atoms with Gasteiger partial charge in [-0.05, 0) is 54.9 Å². The standard InChI is InChI=1S/C24H34O3/c1-3-4-8-12-20-19(11-9-6-5-7-10-13-21(25)27-2)22-17-14-15-18(16-17)23(22)24(20)26/h4,8,12,14-15,17-19,22-23H,3,5-7,9-11,13,16H2,1-2H3/b8-4+,20-12+/t17-,18+,19-,22+,23+/m1/s1. The first-order chi connectivity index (χ1) is 13.2. The highest BCUT2D eigenvalue weighted by Crippen LogP contribution is 2.58. The van der Waals surface area contributed by atoms with E-state index in [1.54, 1.807) is 0 Å². The normalized spacial score (nSPS) is 32.7. The van der Waals surface area contributed by atoms with Crippen molar-refractivity contribution in [2.24, 2.45) is 29.6 Å². The number of esters is 1. The maximum atomic E-state index is 13.1. The third-order valence-corrected chi connectivity index (χ3v) is 6.74. The van der Waals surface area contributed by atoms with Crippen molar-refractivity contribution >= 4 is 11.8 Å². The molecule has 0 heterocycles. The van der Waals surface area contributed by atoms with Gasteiger partial charge in [0.05, 0.1) is 7.11 Å². The number of methoxy groups -OCH3 is 1. The highest BCUT2D eigenvalue weighted by atomic mass is 16.5. The minimum atomic E-state index is -0.107. The van der Waals surface area contributed by atoms with Crippen molar-refractivity contribution in [3.63, 3.8) is 0 Å². The Morgan fingerprint density at radius 2 is 1.89 bits per heavy atom. The van der Waals surface area contributed by atoms with Crippen molar-refractivity contribution in [2.45, 2.75) is 64.7 Å². The van der Waals surface area contributed by atoms with Gasteiger partial charge >= 0.3 is 5.97 Å². The zero-order valence-corrected chi connectivity index (χ0v) is 16.9. The van der Waals surface area contributed by atoms with E-state index in [9.17, 15) is 9.59 Å². The second kappa shape index (κ2) is 9.52. The topological polar surface area (TPSA) is 43.4 Å². The summed E-state index contributed by atoms with van der Waals surface area (Å²) in [6, 6.07) is 0. The van der Waals surface area contributed by atoms with Gasteiger partial charge in [0.2, 0.25) is 0 Å². The number of rotatable bonds is 10. The molecule has 0 unspecified atom stereocenters. The summed E-state index contributed by atoms with van der Waals surface area (Å²) < 4.78 is 4.68. The highest BCUT2D eigenvalue weighted by Gasteiger charge is 2.57. The van der Waals surface area contributed by atoms with Gasteiger partial charge in [-0.3, -0.25) is 9.59 Å². The van der Waals surface area contributed by atoms with Crippen LogP contribution in [0.25, 0.3) is 0 Å². The Kier molecular flexibility index (Phi) is 7.09. The zero-order valence-electron chi connectivity index (χ0n) is 16.9. The second-order valence-electron chi connectivity index (χ2n) is 8.36. The van der Waals surface area contributed by atoms with Gasteiger partial charge in [0.15, 0.2) is 5.78 Å². The van der Waals surface area contributed by atoms with E-state index in [1.165, 1.54) is 26.4 Å². The molecular formula is C24H34O3. The van der Waals surface area contributed by atoms with Crippen LogP contribution in [0.15, 0.2) is 36.0 Å². The van der Waals surface area contributed by atoms with E-state index in [0.29, 0.717) is 35.9 Å². The van der Waals surface area contributed by atoms with Crippen molar-refractivity contribution in [3.8, 4) is 0 Å². The quantitative estimate of drug-likeness (QED) is 0.223. The lowest BCUT2D eigenvalue weighted by atomic mass is 9.78. The van der Waals surface area contributed by atoms with E-state index in [4.69, 9.17) is 0 Å². The van der Waals surface area contributed by atoms with Crippen LogP contribution in [0.5, 0.6) is 0 Å². The van der Waals surface area contributed by atoms with Crippen LogP contribution in [0.4, 0.5) is 0 Å². The third kappa shape index (κ3) is 4.44. The van der Waals surface area contributed by atoms with Crippen LogP contribution in [0.1, 0.15) is 64.7 Å². The average molecular weight is 371 g/mol. The number of carbonyl (C=O) groups is 2. The van der Waals surface area contributed by atoms with Crippen LogP contribution in [-0.2, 0) is 14.3 Å². The van der Waals surface area contributed by atoms with E-state index in [0.717, 1.165) is 37.7 Å². The molecule has 148 valence electrons. The molecule has 2 bridgehead atoms. The molecule has 3 aliphatic rings. The monoisotopic (exact) mass is 370 g/mol. The van der Waals surface area contributed by atoms with Gasteiger partial charge in [-0.25, -0.2) is 0 Å². The molecule has 0 aromatic carbocycles. The molecule has 0 saturated heterocycles. The predicted octanol–water partition coefficient (Wildman–Crippen LogP) is 5.42. The summed E-state index contributed by atoms with van der Waals surface area (Å²) in [5.74, 6) is 2.69. The van der Waals surface area contributed by atoms with Gasteiger partial charge in [0, 0.05) is 12.3 Å². The number of hydrogen-bond acceptors (Lipinski definition) is 3. The van der Waals surface area contributed by atoms with Crippen LogP contribution in [0, 0.1) is 29.6 Å². The van der Waals surface area contributed by atoms with Crippen molar-refractivity contribution in [1.82, 2.24) is 0 Å². The molecule has 0 N–H and O–H groups in total. The maximum absolute atomic E-state index is 13.1. The molecule has 27 heavy (non-hydrogen) atoms. The molecule has 0 aliphatic heterocycles. The second-order valence-corrected chi connectivity index (χ2v) is 8.36. The summed E-state index contributed by atoms with van der Waals surface area (Å²) in [6.45, 7) is 2.13. The Labute approximate surface area is 163 Å². The number of fused-ring (bicyclic) bond motifs is 5. The summed E-state index contributed by atoms with van der Waals surface area (Å²) in [6.07, 6.45) is 20.4. The molecule has 5 atom stereocenters. The molecule has 2 saturated carbocycles. The van der Waals surface area contributed by atoms with E-state index in [-0.39, 0.29) is 11.9 Å². The lowest BCUT2D eigenvalue weighted by Gasteiger charge is -2.25. The Morgan fingerprint density at radius 1 is 1.15 bits per heavy atom. The molecule has 3 aliphatic carbocycles. The molecule has 0 amide bonds. The fourth-order valence-electron chi connectivity index (χ4n) is 5.49. The fourth-order valence-corrected chi connectivity index (χ4v) is 5.49. The lowest BCUT2D eigenvalue weighted by molar-refractivity contribution is -0.140. The Balaban J connectivity index is 1.52. The summed E-state index contributed by atoms with van der Waals surface area (Å²) in [4.78, 5) is 24.2. The molecular weight excluding hydrogens is 336 g/mol. The third-order valence-electron chi connectivity index (χ3n) is 6.74. The number of ketones is 1. The van der Waals surface area contributed by atoms with Crippen LogP contribution in [0.2, 0.25) is 0 Å². The van der Waals surface area contributed by atoms with Gasteiger partial charge in [-0.1, -0.05) is 63.0 Å². The highest BCUT2D eigenvalue weighted by molar-refractivity contribution is 6.01. The maximum Gasteiger partial charge on any atom is 0.305 e. The first-order valence-corrected chi connectivity index (χ1v) is 10.8. The number of allylic oxidation sites excluding steroid dienone is 6. The van der Waals surface area contributed by atoms with Gasteiger partial charge in [0.1, 0.15) is 0 Å². The van der Waals surface area contributed by atoms with E-state index in [1.807, 2.05) is 0 Å². The number of ether oxygens (including phenoxy) is 1. The zero-order chi connectivity index (χ0) is 19.2. The van der Waals surface area contributed by atoms with Gasteiger partial charge < -0.3 is 4.74 Å². The minimum absolute atomic E-state index is 0.107. The summed E-state index contributed by atoms with van der Waals surface area (Å²) in [7, 11) is 1.45. The van der Waals surface area contributed by atoms with Crippen molar-refractivity contribution in [1.29, 1.82) is 0 Å². The molecule has 3 heteroatoms. The Bertz CT molecular complexity index is 628. The van der Waals surface area contributed by atoms with Gasteiger partial charge in [-0.2, -0.15) is 0 Å². The number of Topliss-reactive ketones (excluding diaryl/α,β-unsaturated/α-hetero) is 1. The Morgan fingerprint density at radius 3 is 2.67 bits per heavy atom. The number of carbonyl (C=O) groups excluding carboxylic acids is 2. The van der Waals surface area contributed by atoms with Crippen molar-refractivity contribution in [3.05, 3.63) is 36.0 Å². The molecule has 0 spiro atoms. The fraction of sp³-hybridized carbons (Fsp3) is 0.667. The van der Waals surface area contributed by atoms with E-state index in [2.05, 4.69) is 42.0 Å². The van der Waals surface area contributed by atoms with Gasteiger partial charge in [0.25, 0.3) is 0 Å². The number of hydrogen-bond donors (Lipinski definition) is 0. The van der Waals surface area contributed by atoms with E-state index < -0.39 is 0 Å². The number of unbranched alkanes of at least 4 members (excludes halogenated alkanes) is 4. The lowest BCUT2D eigenvalue weighted by Crippen LogP contribution is -2.21. The summed E-state index contributed by atoms with van der Waals surface area (Å²) in [5.41, 5.74) is 1.10. The average Bonchev–Trinajstić information content (AvgIpc) is 3.35. The van der Waals surface area contributed by atoms with Crippen molar-refractivity contribution in [2.75, 3.05) is 7.11 Å². The molecule has 0 radical (unpaired) electrons. The SMILES string of the molecule is CC/C=C/C=C1/C(=O)[C@@H]2[C@@H]([C@@H]3C=C[C@H]2C3)[C@@H]1CCCCCCCC(=O)OC. The van der Waals surface area contributed by atoms with Crippen LogP contribution in [-0.4, -0.2) is 18.9 Å². The van der Waals surface area contributed by atoms with E-state index >= 15 is 0 Å². The van der Waals surface area contributed by atoms with Crippen LogP contribution >= 0.6 is 0 Å². The first kappa shape index (κ1) is 20.1. The minimum Gasteiger partial charge on any atom is -0.469 e. The smallest absolute Gasteiger partial charge is 0.305 e. The molecule has 3 nitrogen and oxygen atoms in total. The summed E-state index contributed by atoms with van der Waals surface area (Å²) in [5, 5.41) is 0. The van der Waals surface area contributed by atoms with Gasteiger partial charge in [-0.15, -0.1) is 0 Å². The molecule has 0 aromatic rings. The molecule has 3 rings (SSSR count). The molecule has 2 fully saturated rings. The predicted molar refractivity (Wildman–Crippen MR) is 108 cm³/mol. The van der Waals surface area contributed by atoms with Crippen LogP contribution in [0.3, 0.4) is 0 Å².